The topological polar surface area (TPSA) is 80.4 Å². The van der Waals surface area contributed by atoms with E-state index in [1.807, 2.05) is 32.9 Å². The monoisotopic (exact) mass is 223 g/mol. The molecule has 0 spiro atoms. The number of aliphatic carboxylic acids is 1. The lowest BCUT2D eigenvalue weighted by Crippen LogP contribution is -2.40. The highest BCUT2D eigenvalue weighted by molar-refractivity contribution is 5.86. The predicted octanol–water partition coefficient (Wildman–Crippen LogP) is 1.02. The van der Waals surface area contributed by atoms with Crippen LogP contribution in [0.4, 0.5) is 0 Å². The molecule has 0 heterocycles. The van der Waals surface area contributed by atoms with Gasteiger partial charge >= 0.3 is 5.97 Å². The maximum absolute atomic E-state index is 11.5. The molecule has 1 amide bonds. The van der Waals surface area contributed by atoms with Crippen LogP contribution in [-0.4, -0.2) is 17.0 Å². The molecule has 4 unspecified atom stereocenters. The molecule has 0 aromatic heterocycles. The molecular formula is C12H17NO3. The van der Waals surface area contributed by atoms with Crippen molar-refractivity contribution in [3.05, 3.63) is 12.2 Å². The van der Waals surface area contributed by atoms with Crippen LogP contribution in [0.2, 0.25) is 0 Å². The number of amides is 1. The molecule has 2 aliphatic rings. The molecule has 4 atom stereocenters. The third-order valence-corrected chi connectivity index (χ3v) is 4.86. The maximum Gasteiger partial charge on any atom is 0.308 e. The van der Waals surface area contributed by atoms with Crippen molar-refractivity contribution in [3.63, 3.8) is 0 Å². The van der Waals surface area contributed by atoms with Gasteiger partial charge in [0.15, 0.2) is 0 Å². The van der Waals surface area contributed by atoms with E-state index in [1.54, 1.807) is 0 Å². The van der Waals surface area contributed by atoms with Gasteiger partial charge in [-0.3, -0.25) is 9.59 Å². The number of rotatable bonds is 2. The summed E-state index contributed by atoms with van der Waals surface area (Å²) < 4.78 is 0. The van der Waals surface area contributed by atoms with Crippen LogP contribution in [0, 0.1) is 28.6 Å². The molecule has 16 heavy (non-hydrogen) atoms. The van der Waals surface area contributed by atoms with Gasteiger partial charge in [-0.05, 0) is 11.3 Å². The Morgan fingerprint density at radius 1 is 1.31 bits per heavy atom. The molecule has 2 aliphatic carbocycles. The number of carboxylic acid groups (broad SMARTS) is 1. The molecule has 4 heteroatoms. The molecule has 0 aliphatic heterocycles. The minimum atomic E-state index is -0.925. The van der Waals surface area contributed by atoms with Gasteiger partial charge in [-0.25, -0.2) is 0 Å². The Hall–Kier alpha value is -1.32. The van der Waals surface area contributed by atoms with E-state index in [0.29, 0.717) is 0 Å². The van der Waals surface area contributed by atoms with E-state index in [-0.39, 0.29) is 11.3 Å². The van der Waals surface area contributed by atoms with Crippen molar-refractivity contribution in [2.24, 2.45) is 34.3 Å². The van der Waals surface area contributed by atoms with Crippen molar-refractivity contribution in [1.82, 2.24) is 0 Å². The Morgan fingerprint density at radius 3 is 2.25 bits per heavy atom. The molecular weight excluding hydrogens is 206 g/mol. The lowest BCUT2D eigenvalue weighted by atomic mass is 9.67. The van der Waals surface area contributed by atoms with E-state index in [2.05, 4.69) is 0 Å². The van der Waals surface area contributed by atoms with Crippen LogP contribution in [0.3, 0.4) is 0 Å². The summed E-state index contributed by atoms with van der Waals surface area (Å²) in [6.07, 6.45) is 3.89. The van der Waals surface area contributed by atoms with Gasteiger partial charge in [0.1, 0.15) is 0 Å². The fourth-order valence-corrected chi connectivity index (χ4v) is 3.52. The van der Waals surface area contributed by atoms with Crippen molar-refractivity contribution < 1.29 is 14.7 Å². The Balaban J connectivity index is 2.57. The second-order valence-electron chi connectivity index (χ2n) is 5.63. The summed E-state index contributed by atoms with van der Waals surface area (Å²) >= 11 is 0. The van der Waals surface area contributed by atoms with Gasteiger partial charge in [0.2, 0.25) is 5.91 Å². The lowest BCUT2D eigenvalue weighted by molar-refractivity contribution is -0.149. The second kappa shape index (κ2) is 2.87. The molecule has 0 saturated heterocycles. The zero-order valence-corrected chi connectivity index (χ0v) is 9.73. The van der Waals surface area contributed by atoms with E-state index < -0.39 is 29.1 Å². The van der Waals surface area contributed by atoms with Crippen molar-refractivity contribution in [3.8, 4) is 0 Å². The number of nitrogens with two attached hydrogens (primary N) is 1. The smallest absolute Gasteiger partial charge is 0.308 e. The fraction of sp³-hybridized carbons (Fsp3) is 0.667. The number of hydrogen-bond acceptors (Lipinski definition) is 2. The quantitative estimate of drug-likeness (QED) is 0.686. The number of fused-ring (bicyclic) bond motifs is 2. The van der Waals surface area contributed by atoms with Gasteiger partial charge in [0.25, 0.3) is 0 Å². The second-order valence-corrected chi connectivity index (χ2v) is 5.63. The predicted molar refractivity (Wildman–Crippen MR) is 58.3 cm³/mol. The minimum Gasteiger partial charge on any atom is -0.481 e. The van der Waals surface area contributed by atoms with E-state index in [4.69, 9.17) is 5.73 Å². The molecule has 2 bridgehead atoms. The molecule has 4 nitrogen and oxygen atoms in total. The van der Waals surface area contributed by atoms with Gasteiger partial charge < -0.3 is 10.8 Å². The third-order valence-electron chi connectivity index (χ3n) is 4.86. The summed E-state index contributed by atoms with van der Waals surface area (Å²) in [7, 11) is 0. The summed E-state index contributed by atoms with van der Waals surface area (Å²) in [5.41, 5.74) is 4.65. The highest BCUT2D eigenvalue weighted by atomic mass is 16.4. The molecule has 1 fully saturated rings. The fourth-order valence-electron chi connectivity index (χ4n) is 3.52. The van der Waals surface area contributed by atoms with Crippen molar-refractivity contribution >= 4 is 11.9 Å². The van der Waals surface area contributed by atoms with E-state index in [9.17, 15) is 14.7 Å². The first-order chi connectivity index (χ1) is 7.23. The number of primary amides is 1. The van der Waals surface area contributed by atoms with Gasteiger partial charge in [-0.2, -0.15) is 0 Å². The van der Waals surface area contributed by atoms with Crippen LogP contribution in [-0.2, 0) is 9.59 Å². The van der Waals surface area contributed by atoms with E-state index in [1.165, 1.54) is 0 Å². The summed E-state index contributed by atoms with van der Waals surface area (Å²) in [4.78, 5) is 22.8. The third kappa shape index (κ3) is 0.996. The number of allylic oxidation sites excluding steroid dienone is 2. The summed E-state index contributed by atoms with van der Waals surface area (Å²) in [5.74, 6) is -2.77. The Kier molecular flexibility index (Phi) is 2.00. The zero-order valence-electron chi connectivity index (χ0n) is 9.73. The molecule has 3 N–H and O–H groups in total. The van der Waals surface area contributed by atoms with Gasteiger partial charge in [0.05, 0.1) is 11.8 Å². The van der Waals surface area contributed by atoms with E-state index in [0.717, 1.165) is 0 Å². The van der Waals surface area contributed by atoms with Crippen LogP contribution in [0.25, 0.3) is 0 Å². The lowest BCUT2D eigenvalue weighted by Gasteiger charge is -2.36. The van der Waals surface area contributed by atoms with Gasteiger partial charge in [0, 0.05) is 5.41 Å². The Labute approximate surface area is 94.5 Å². The first-order valence-corrected chi connectivity index (χ1v) is 5.45. The highest BCUT2D eigenvalue weighted by Gasteiger charge is 2.67. The first-order valence-electron chi connectivity index (χ1n) is 5.45. The molecule has 0 radical (unpaired) electrons. The summed E-state index contributed by atoms with van der Waals surface area (Å²) in [6, 6.07) is 0. The Bertz CT molecular complexity index is 399. The minimum absolute atomic E-state index is 0.0592. The maximum atomic E-state index is 11.5. The summed E-state index contributed by atoms with van der Waals surface area (Å²) in [5, 5.41) is 9.31. The standard InChI is InChI=1S/C12H17NO3/c1-11(2)6-4-5-12(11,3)8(10(15)16)7(6)9(13)14/h4-8H,1-3H3,(H2,13,14)(H,15,16). The molecule has 0 aromatic carbocycles. The highest BCUT2D eigenvalue weighted by Crippen LogP contribution is 2.66. The molecule has 1 saturated carbocycles. The largest absolute Gasteiger partial charge is 0.481 e. The molecule has 0 aromatic rings. The summed E-state index contributed by atoms with van der Waals surface area (Å²) in [6.45, 7) is 5.93. The van der Waals surface area contributed by atoms with Crippen molar-refractivity contribution in [2.75, 3.05) is 0 Å². The number of hydrogen-bond donors (Lipinski definition) is 2. The van der Waals surface area contributed by atoms with E-state index >= 15 is 0 Å². The zero-order chi connectivity index (χ0) is 12.3. The number of carbonyl (C=O) groups is 2. The van der Waals surface area contributed by atoms with Crippen LogP contribution in [0.15, 0.2) is 12.2 Å². The average Bonchev–Trinajstić information content (AvgIpc) is 2.45. The number of carbonyl (C=O) groups excluding carboxylic acids is 1. The van der Waals surface area contributed by atoms with Crippen molar-refractivity contribution in [1.29, 1.82) is 0 Å². The van der Waals surface area contributed by atoms with Crippen LogP contribution in [0.5, 0.6) is 0 Å². The average molecular weight is 223 g/mol. The van der Waals surface area contributed by atoms with Crippen LogP contribution in [0.1, 0.15) is 20.8 Å². The van der Waals surface area contributed by atoms with Crippen LogP contribution < -0.4 is 5.73 Å². The van der Waals surface area contributed by atoms with Crippen molar-refractivity contribution in [2.45, 2.75) is 20.8 Å². The molecule has 88 valence electrons. The van der Waals surface area contributed by atoms with Gasteiger partial charge in [-0.1, -0.05) is 32.9 Å². The normalized spacial score (nSPS) is 43.6. The molecule has 2 rings (SSSR count). The SMILES string of the molecule is CC1(C)C2C=CC1(C)C(C(=O)O)C2C(N)=O. The first kappa shape index (κ1) is 11.2. The van der Waals surface area contributed by atoms with Crippen LogP contribution >= 0.6 is 0 Å². The van der Waals surface area contributed by atoms with Gasteiger partial charge in [-0.15, -0.1) is 0 Å². The number of carboxylic acids is 1. The Morgan fingerprint density at radius 2 is 1.88 bits per heavy atom.